The second-order valence-corrected chi connectivity index (χ2v) is 6.05. The van der Waals surface area contributed by atoms with Gasteiger partial charge in [-0.25, -0.2) is 4.79 Å². The number of carbonyl (C=O) groups is 2. The van der Waals surface area contributed by atoms with E-state index in [4.69, 9.17) is 10.8 Å². The third-order valence-electron chi connectivity index (χ3n) is 4.85. The lowest BCUT2D eigenvalue weighted by molar-refractivity contribution is -0.132. The van der Waals surface area contributed by atoms with E-state index in [2.05, 4.69) is 0 Å². The Morgan fingerprint density at radius 2 is 2.05 bits per heavy atom. The van der Waals surface area contributed by atoms with Crippen LogP contribution in [0.25, 0.3) is 0 Å². The molecule has 0 radical (unpaired) electrons. The van der Waals surface area contributed by atoms with Crippen molar-refractivity contribution in [2.45, 2.75) is 32.1 Å². The van der Waals surface area contributed by atoms with Crippen LogP contribution in [0.2, 0.25) is 0 Å². The van der Waals surface area contributed by atoms with Crippen LogP contribution in [-0.2, 0) is 11.2 Å². The highest BCUT2D eigenvalue weighted by Gasteiger charge is 2.46. The van der Waals surface area contributed by atoms with E-state index in [1.165, 1.54) is 0 Å². The number of nitrogens with two attached hydrogens (primary N) is 1. The molecule has 1 aromatic rings. The molecular weight excluding hydrogens is 268 g/mol. The fourth-order valence-electron chi connectivity index (χ4n) is 3.34. The largest absolute Gasteiger partial charge is 0.478 e. The summed E-state index contributed by atoms with van der Waals surface area (Å²) >= 11 is 0. The summed E-state index contributed by atoms with van der Waals surface area (Å²) in [6.45, 7) is 1.09. The van der Waals surface area contributed by atoms with Gasteiger partial charge in [-0.15, -0.1) is 0 Å². The molecular formula is C16H20N2O3. The molecule has 5 nitrogen and oxygen atoms in total. The van der Waals surface area contributed by atoms with Gasteiger partial charge in [-0.3, -0.25) is 4.79 Å². The number of aromatic carboxylic acids is 1. The zero-order valence-electron chi connectivity index (χ0n) is 12.0. The number of carboxylic acid groups (broad SMARTS) is 1. The lowest BCUT2D eigenvalue weighted by Crippen LogP contribution is -2.53. The third kappa shape index (κ3) is 2.21. The van der Waals surface area contributed by atoms with E-state index in [0.29, 0.717) is 13.1 Å². The molecule has 0 bridgehead atoms. The predicted octanol–water partition coefficient (Wildman–Crippen LogP) is 1.79. The Bertz CT molecular complexity index is 588. The topological polar surface area (TPSA) is 83.6 Å². The zero-order chi connectivity index (χ0) is 15.0. The van der Waals surface area contributed by atoms with Crippen molar-refractivity contribution in [3.63, 3.8) is 0 Å². The van der Waals surface area contributed by atoms with Crippen LogP contribution in [0.5, 0.6) is 0 Å². The molecule has 1 saturated carbocycles. The Morgan fingerprint density at radius 1 is 1.29 bits per heavy atom. The molecule has 3 rings (SSSR count). The number of carbonyl (C=O) groups excluding carboxylic acids is 1. The van der Waals surface area contributed by atoms with E-state index < -0.39 is 5.97 Å². The number of nitrogens with zero attached hydrogens (tertiary/aromatic N) is 1. The van der Waals surface area contributed by atoms with Crippen molar-refractivity contribution in [1.29, 1.82) is 0 Å². The number of rotatable bonds is 3. The molecule has 1 aromatic carbocycles. The second kappa shape index (κ2) is 5.15. The van der Waals surface area contributed by atoms with Crippen LogP contribution in [-0.4, -0.2) is 30.1 Å². The summed E-state index contributed by atoms with van der Waals surface area (Å²) < 4.78 is 0. The molecule has 1 heterocycles. The van der Waals surface area contributed by atoms with Gasteiger partial charge in [-0.2, -0.15) is 0 Å². The fourth-order valence-corrected chi connectivity index (χ4v) is 3.34. The quantitative estimate of drug-likeness (QED) is 0.888. The Kier molecular flexibility index (Phi) is 3.45. The average Bonchev–Trinajstić information content (AvgIpc) is 2.45. The normalized spacial score (nSPS) is 19.6. The molecule has 2 aliphatic rings. The third-order valence-corrected chi connectivity index (χ3v) is 4.85. The van der Waals surface area contributed by atoms with Crippen molar-refractivity contribution < 1.29 is 14.7 Å². The summed E-state index contributed by atoms with van der Waals surface area (Å²) in [6, 6.07) is 5.02. The van der Waals surface area contributed by atoms with Crippen molar-refractivity contribution in [3.05, 3.63) is 29.3 Å². The van der Waals surface area contributed by atoms with Crippen molar-refractivity contribution in [3.8, 4) is 0 Å². The number of anilines is 1. The molecule has 5 heteroatoms. The molecule has 1 aliphatic carbocycles. The Morgan fingerprint density at radius 3 is 2.62 bits per heavy atom. The standard InChI is InChI=1S/C16H20N2O3/c17-10-16(6-2-7-16)15(21)18-8-1-3-11-9-12(14(19)20)4-5-13(11)18/h4-5,9H,1-3,6-8,10,17H2,(H,19,20). The van der Waals surface area contributed by atoms with E-state index >= 15 is 0 Å². The number of fused-ring (bicyclic) bond motifs is 1. The molecule has 0 unspecified atom stereocenters. The first-order chi connectivity index (χ1) is 10.1. The zero-order valence-corrected chi connectivity index (χ0v) is 12.0. The monoisotopic (exact) mass is 288 g/mol. The van der Waals surface area contributed by atoms with Crippen LogP contribution in [0.4, 0.5) is 5.69 Å². The van der Waals surface area contributed by atoms with Gasteiger partial charge in [0.1, 0.15) is 0 Å². The van der Waals surface area contributed by atoms with Gasteiger partial charge in [0.05, 0.1) is 11.0 Å². The molecule has 112 valence electrons. The number of hydrogen-bond donors (Lipinski definition) is 2. The lowest BCUT2D eigenvalue weighted by atomic mass is 9.67. The fraction of sp³-hybridized carbons (Fsp3) is 0.500. The first-order valence-corrected chi connectivity index (χ1v) is 7.46. The summed E-state index contributed by atoms with van der Waals surface area (Å²) in [5, 5.41) is 9.08. The van der Waals surface area contributed by atoms with Crippen LogP contribution in [0.15, 0.2) is 18.2 Å². The van der Waals surface area contributed by atoms with E-state index in [9.17, 15) is 9.59 Å². The minimum Gasteiger partial charge on any atom is -0.478 e. The predicted molar refractivity (Wildman–Crippen MR) is 79.4 cm³/mol. The van der Waals surface area contributed by atoms with Gasteiger partial charge in [0, 0.05) is 18.8 Å². The van der Waals surface area contributed by atoms with E-state index in [1.54, 1.807) is 18.2 Å². The summed E-state index contributed by atoms with van der Waals surface area (Å²) in [5.41, 5.74) is 7.53. The van der Waals surface area contributed by atoms with Gasteiger partial charge in [0.2, 0.25) is 5.91 Å². The summed E-state index contributed by atoms with van der Waals surface area (Å²) in [7, 11) is 0. The highest BCUT2D eigenvalue weighted by molar-refractivity contribution is 6.00. The van der Waals surface area contributed by atoms with Gasteiger partial charge in [-0.05, 0) is 49.4 Å². The number of amides is 1. The average molecular weight is 288 g/mol. The highest BCUT2D eigenvalue weighted by atomic mass is 16.4. The molecule has 0 spiro atoms. The van der Waals surface area contributed by atoms with Crippen molar-refractivity contribution in [2.24, 2.45) is 11.1 Å². The minimum atomic E-state index is -0.932. The first kappa shape index (κ1) is 14.1. The maximum atomic E-state index is 12.8. The molecule has 0 atom stereocenters. The van der Waals surface area contributed by atoms with Crippen LogP contribution >= 0.6 is 0 Å². The summed E-state index contributed by atoms with van der Waals surface area (Å²) in [6.07, 6.45) is 4.46. The molecule has 1 fully saturated rings. The SMILES string of the molecule is NCC1(C(=O)N2CCCc3cc(C(=O)O)ccc32)CCC1. The molecule has 1 aliphatic heterocycles. The minimum absolute atomic E-state index is 0.111. The molecule has 3 N–H and O–H groups in total. The maximum absolute atomic E-state index is 12.8. The van der Waals surface area contributed by atoms with E-state index in [0.717, 1.165) is 43.4 Å². The van der Waals surface area contributed by atoms with Crippen molar-refractivity contribution in [1.82, 2.24) is 0 Å². The van der Waals surface area contributed by atoms with E-state index in [-0.39, 0.29) is 16.9 Å². The Balaban J connectivity index is 1.93. The highest BCUT2D eigenvalue weighted by Crippen LogP contribution is 2.43. The second-order valence-electron chi connectivity index (χ2n) is 6.05. The van der Waals surface area contributed by atoms with Gasteiger partial charge < -0.3 is 15.7 Å². The maximum Gasteiger partial charge on any atom is 0.335 e. The smallest absolute Gasteiger partial charge is 0.335 e. The Hall–Kier alpha value is -1.88. The molecule has 21 heavy (non-hydrogen) atoms. The molecule has 0 aromatic heterocycles. The summed E-state index contributed by atoms with van der Waals surface area (Å²) in [4.78, 5) is 25.7. The van der Waals surface area contributed by atoms with Crippen LogP contribution in [0, 0.1) is 5.41 Å². The molecule has 1 amide bonds. The van der Waals surface area contributed by atoms with Crippen LogP contribution in [0.3, 0.4) is 0 Å². The van der Waals surface area contributed by atoms with Crippen molar-refractivity contribution >= 4 is 17.6 Å². The van der Waals surface area contributed by atoms with Gasteiger partial charge >= 0.3 is 5.97 Å². The van der Waals surface area contributed by atoms with Crippen LogP contribution < -0.4 is 10.6 Å². The van der Waals surface area contributed by atoms with Crippen LogP contribution in [0.1, 0.15) is 41.6 Å². The lowest BCUT2D eigenvalue weighted by Gasteiger charge is -2.44. The van der Waals surface area contributed by atoms with Gasteiger partial charge in [0.25, 0.3) is 0 Å². The van der Waals surface area contributed by atoms with E-state index in [1.807, 2.05) is 4.90 Å². The Labute approximate surface area is 123 Å². The molecule has 0 saturated heterocycles. The summed E-state index contributed by atoms with van der Waals surface area (Å²) in [5.74, 6) is -0.820. The van der Waals surface area contributed by atoms with Gasteiger partial charge in [-0.1, -0.05) is 6.42 Å². The number of carboxylic acids is 1. The van der Waals surface area contributed by atoms with Gasteiger partial charge in [0.15, 0.2) is 0 Å². The number of aryl methyl sites for hydroxylation is 1. The number of hydrogen-bond acceptors (Lipinski definition) is 3. The van der Waals surface area contributed by atoms with Crippen molar-refractivity contribution in [2.75, 3.05) is 18.0 Å². The first-order valence-electron chi connectivity index (χ1n) is 7.46. The number of benzene rings is 1.